The van der Waals surface area contributed by atoms with Gasteiger partial charge in [-0.1, -0.05) is 0 Å². The monoisotopic (exact) mass is 174 g/mol. The number of rotatable bonds is 1. The Hall–Kier alpha value is -1.14. The molecule has 0 aliphatic rings. The van der Waals surface area contributed by atoms with Crippen molar-refractivity contribution < 1.29 is 4.39 Å². The van der Waals surface area contributed by atoms with E-state index in [4.69, 9.17) is 11.7 Å². The first-order chi connectivity index (χ1) is 5.29. The van der Waals surface area contributed by atoms with E-state index in [0.717, 1.165) is 0 Å². The van der Waals surface area contributed by atoms with E-state index < -0.39 is 0 Å². The van der Waals surface area contributed by atoms with Gasteiger partial charge in [-0.05, 0) is 11.4 Å². The summed E-state index contributed by atoms with van der Waals surface area (Å²) in [6, 6.07) is 1.32. The van der Waals surface area contributed by atoms with Crippen molar-refractivity contribution in [1.29, 1.82) is 0 Å². The van der Waals surface area contributed by atoms with Crippen LogP contribution in [0.5, 0.6) is 0 Å². The molecule has 6 heteroatoms. The summed E-state index contributed by atoms with van der Waals surface area (Å²) in [4.78, 5) is 0.315. The second-order valence-electron chi connectivity index (χ2n) is 1.72. The molecule has 0 aliphatic heterocycles. The molecular weight excluding hydrogens is 167 g/mol. The molecule has 0 unspecified atom stereocenters. The van der Waals surface area contributed by atoms with Gasteiger partial charge in [0.2, 0.25) is 0 Å². The minimum absolute atomic E-state index is 0.150. The molecule has 4 nitrogen and oxygen atoms in total. The van der Waals surface area contributed by atoms with Crippen molar-refractivity contribution in [2.75, 3.05) is 0 Å². The van der Waals surface area contributed by atoms with E-state index in [9.17, 15) is 4.39 Å². The van der Waals surface area contributed by atoms with Gasteiger partial charge in [0.25, 0.3) is 0 Å². The number of nitrogens with zero attached hydrogens (tertiary/aromatic N) is 1. The first-order valence-electron chi connectivity index (χ1n) is 2.77. The fourth-order valence-corrected chi connectivity index (χ4v) is 1.35. The van der Waals surface area contributed by atoms with Crippen LogP contribution in [-0.4, -0.2) is 5.84 Å². The van der Waals surface area contributed by atoms with Crippen LogP contribution < -0.4 is 17.1 Å². The Balaban J connectivity index is 3.00. The maximum Gasteiger partial charge on any atom is 0.179 e. The third-order valence-electron chi connectivity index (χ3n) is 1.10. The minimum Gasteiger partial charge on any atom is -0.321 e. The van der Waals surface area contributed by atoms with Gasteiger partial charge in [0, 0.05) is 0 Å². The normalized spacial score (nSPS) is 11.6. The predicted molar refractivity (Wildman–Crippen MR) is 42.3 cm³/mol. The van der Waals surface area contributed by atoms with E-state index in [1.54, 1.807) is 5.38 Å². The molecule has 1 aromatic heterocycles. The van der Waals surface area contributed by atoms with Crippen LogP contribution in [0.2, 0.25) is 0 Å². The average molecular weight is 174 g/mol. The highest BCUT2D eigenvalue weighted by molar-refractivity contribution is 7.12. The van der Waals surface area contributed by atoms with Gasteiger partial charge in [0.05, 0.1) is 0 Å². The number of hydrazone groups is 1. The van der Waals surface area contributed by atoms with Crippen molar-refractivity contribution in [3.8, 4) is 0 Å². The predicted octanol–water partition coefficient (Wildman–Crippen LogP) is -0.0292. The SMILES string of the molecule is N/N=C(\NN)c1sccc1F. The second-order valence-corrected chi connectivity index (χ2v) is 2.64. The molecule has 0 spiro atoms. The molecule has 5 N–H and O–H groups in total. The molecule has 60 valence electrons. The van der Waals surface area contributed by atoms with Gasteiger partial charge in [0.15, 0.2) is 5.84 Å². The zero-order valence-corrected chi connectivity index (χ0v) is 6.36. The number of nitrogens with one attached hydrogen (secondary N) is 1. The Kier molecular flexibility index (Phi) is 2.40. The molecule has 0 atom stereocenters. The molecule has 1 heterocycles. The number of amidine groups is 1. The molecule has 11 heavy (non-hydrogen) atoms. The quantitative estimate of drug-likeness (QED) is 0.242. The number of hydrogen-bond acceptors (Lipinski definition) is 4. The van der Waals surface area contributed by atoms with Crippen LogP contribution >= 0.6 is 11.3 Å². The highest BCUT2D eigenvalue weighted by Gasteiger charge is 2.08. The highest BCUT2D eigenvalue weighted by atomic mass is 32.1. The Bertz CT molecular complexity index is 269. The molecule has 1 aromatic rings. The lowest BCUT2D eigenvalue weighted by atomic mass is 10.4. The van der Waals surface area contributed by atoms with Crippen molar-refractivity contribution >= 4 is 17.2 Å². The van der Waals surface area contributed by atoms with Crippen LogP contribution in [0, 0.1) is 5.82 Å². The highest BCUT2D eigenvalue weighted by Crippen LogP contribution is 2.13. The van der Waals surface area contributed by atoms with Gasteiger partial charge >= 0.3 is 0 Å². The molecule has 0 amide bonds. The average Bonchev–Trinajstić information content (AvgIpc) is 2.40. The van der Waals surface area contributed by atoms with Crippen molar-refractivity contribution in [3.05, 3.63) is 22.1 Å². The van der Waals surface area contributed by atoms with Crippen molar-refractivity contribution in [1.82, 2.24) is 5.43 Å². The first-order valence-corrected chi connectivity index (χ1v) is 3.65. The van der Waals surface area contributed by atoms with Gasteiger partial charge in [-0.2, -0.15) is 5.10 Å². The molecule has 0 saturated carbocycles. The largest absolute Gasteiger partial charge is 0.321 e. The lowest BCUT2D eigenvalue weighted by Crippen LogP contribution is -2.31. The number of thiophene rings is 1. The van der Waals surface area contributed by atoms with Crippen LogP contribution in [0.15, 0.2) is 16.5 Å². The topological polar surface area (TPSA) is 76.4 Å². The number of hydrogen-bond donors (Lipinski definition) is 3. The van der Waals surface area contributed by atoms with E-state index in [2.05, 4.69) is 10.5 Å². The first kappa shape index (κ1) is 7.96. The van der Waals surface area contributed by atoms with Gasteiger partial charge in [-0.25, -0.2) is 10.2 Å². The van der Waals surface area contributed by atoms with Crippen molar-refractivity contribution in [3.63, 3.8) is 0 Å². The van der Waals surface area contributed by atoms with Crippen molar-refractivity contribution in [2.24, 2.45) is 16.8 Å². The minimum atomic E-state index is -0.378. The summed E-state index contributed by atoms with van der Waals surface area (Å²) in [5.41, 5.74) is 2.19. The third kappa shape index (κ3) is 1.47. The second kappa shape index (κ2) is 3.31. The number of hydrazine groups is 1. The summed E-state index contributed by atoms with van der Waals surface area (Å²) in [6.07, 6.45) is 0. The van der Waals surface area contributed by atoms with Crippen LogP contribution in [-0.2, 0) is 0 Å². The maximum atomic E-state index is 12.8. The van der Waals surface area contributed by atoms with E-state index in [1.165, 1.54) is 17.4 Å². The Morgan fingerprint density at radius 3 is 2.82 bits per heavy atom. The van der Waals surface area contributed by atoms with E-state index >= 15 is 0 Å². The van der Waals surface area contributed by atoms with Gasteiger partial charge in [-0.3, -0.25) is 0 Å². The molecule has 0 saturated heterocycles. The Labute approximate surface area is 66.7 Å². The Morgan fingerprint density at radius 2 is 2.45 bits per heavy atom. The smallest absolute Gasteiger partial charge is 0.179 e. The van der Waals surface area contributed by atoms with Gasteiger partial charge in [-0.15, -0.1) is 11.3 Å². The van der Waals surface area contributed by atoms with E-state index in [0.29, 0.717) is 4.88 Å². The summed E-state index contributed by atoms with van der Waals surface area (Å²) in [5.74, 6) is 9.72. The molecule has 1 rings (SSSR count). The summed E-state index contributed by atoms with van der Waals surface area (Å²) < 4.78 is 12.8. The van der Waals surface area contributed by atoms with Crippen molar-refractivity contribution in [2.45, 2.75) is 0 Å². The zero-order chi connectivity index (χ0) is 8.27. The summed E-state index contributed by atoms with van der Waals surface area (Å²) in [5, 5.41) is 4.85. The molecule has 0 bridgehead atoms. The zero-order valence-electron chi connectivity index (χ0n) is 5.54. The van der Waals surface area contributed by atoms with E-state index in [-0.39, 0.29) is 11.7 Å². The standard InChI is InChI=1S/C5H7FN4S/c6-3-1-2-11-4(3)5(9-7)10-8/h1-2H,7-8H2,(H,9,10). The molecule has 0 radical (unpaired) electrons. The lowest BCUT2D eigenvalue weighted by molar-refractivity contribution is 0.630. The van der Waals surface area contributed by atoms with Gasteiger partial charge in [0.1, 0.15) is 10.7 Å². The fourth-order valence-electron chi connectivity index (χ4n) is 0.624. The van der Waals surface area contributed by atoms with Crippen LogP contribution in [0.1, 0.15) is 4.88 Å². The summed E-state index contributed by atoms with van der Waals surface area (Å²) in [6.45, 7) is 0. The van der Waals surface area contributed by atoms with E-state index in [1.807, 2.05) is 0 Å². The fraction of sp³-hybridized carbons (Fsp3) is 0. The third-order valence-corrected chi connectivity index (χ3v) is 1.99. The molecule has 0 fully saturated rings. The van der Waals surface area contributed by atoms with Gasteiger partial charge < -0.3 is 11.3 Å². The number of halogens is 1. The van der Waals surface area contributed by atoms with Crippen LogP contribution in [0.3, 0.4) is 0 Å². The molecular formula is C5H7FN4S. The Morgan fingerprint density at radius 1 is 1.73 bits per heavy atom. The maximum absolute atomic E-state index is 12.8. The van der Waals surface area contributed by atoms with Crippen LogP contribution in [0.4, 0.5) is 4.39 Å². The summed E-state index contributed by atoms with van der Waals surface area (Å²) in [7, 11) is 0. The molecule has 0 aromatic carbocycles. The lowest BCUT2D eigenvalue weighted by Gasteiger charge is -1.98. The summed E-state index contributed by atoms with van der Waals surface area (Å²) >= 11 is 1.18. The molecule has 0 aliphatic carbocycles. The number of nitrogens with two attached hydrogens (primary N) is 2. The van der Waals surface area contributed by atoms with Crippen LogP contribution in [0.25, 0.3) is 0 Å².